The zero-order chi connectivity index (χ0) is 20.2. The van der Waals surface area contributed by atoms with Crippen molar-refractivity contribution >= 4 is 29.9 Å². The van der Waals surface area contributed by atoms with E-state index < -0.39 is 0 Å². The van der Waals surface area contributed by atoms with E-state index in [2.05, 4.69) is 17.1 Å². The summed E-state index contributed by atoms with van der Waals surface area (Å²) in [6.45, 7) is 8.79. The van der Waals surface area contributed by atoms with Gasteiger partial charge in [0.25, 0.3) is 0 Å². The lowest BCUT2D eigenvalue weighted by molar-refractivity contribution is 0.121. The standard InChI is InChI=1S/C21H35FN4O2.HI/c1-4-23-21(24-17-18-9-11-26(12-10-18)14-15-27-3)25(2)13-16-28-20-8-6-5-7-19(20)22;/h5-8,18H,4,9-17H2,1-3H3,(H,23,24);1H. The van der Waals surface area contributed by atoms with Crippen molar-refractivity contribution in [1.82, 2.24) is 15.1 Å². The van der Waals surface area contributed by atoms with E-state index in [0.717, 1.165) is 45.3 Å². The van der Waals surface area contributed by atoms with Gasteiger partial charge in [0.15, 0.2) is 17.5 Å². The molecule has 1 aliphatic rings. The number of likely N-dealkylation sites (N-methyl/N-ethyl adjacent to an activating group) is 1. The van der Waals surface area contributed by atoms with Crippen LogP contribution in [0.5, 0.6) is 5.75 Å². The summed E-state index contributed by atoms with van der Waals surface area (Å²) in [5, 5.41) is 3.34. The number of hydrogen-bond acceptors (Lipinski definition) is 4. The highest BCUT2D eigenvalue weighted by Gasteiger charge is 2.19. The predicted octanol–water partition coefficient (Wildman–Crippen LogP) is 3.08. The summed E-state index contributed by atoms with van der Waals surface area (Å²) in [5.74, 6) is 1.46. The van der Waals surface area contributed by atoms with E-state index in [1.165, 1.54) is 18.9 Å². The summed E-state index contributed by atoms with van der Waals surface area (Å²) in [5.41, 5.74) is 0. The topological polar surface area (TPSA) is 49.3 Å². The lowest BCUT2D eigenvalue weighted by atomic mass is 9.97. The molecule has 1 saturated heterocycles. The summed E-state index contributed by atoms with van der Waals surface area (Å²) in [6.07, 6.45) is 2.35. The molecule has 1 heterocycles. The first-order valence-electron chi connectivity index (χ1n) is 10.2. The summed E-state index contributed by atoms with van der Waals surface area (Å²) in [4.78, 5) is 9.33. The lowest BCUT2D eigenvalue weighted by Crippen LogP contribution is -2.41. The van der Waals surface area contributed by atoms with Crippen LogP contribution in [-0.2, 0) is 4.74 Å². The number of nitrogens with one attached hydrogen (secondary N) is 1. The Labute approximate surface area is 191 Å². The maximum Gasteiger partial charge on any atom is 0.193 e. The van der Waals surface area contributed by atoms with Gasteiger partial charge >= 0.3 is 0 Å². The smallest absolute Gasteiger partial charge is 0.193 e. The fraction of sp³-hybridized carbons (Fsp3) is 0.667. The van der Waals surface area contributed by atoms with Gasteiger partial charge in [-0.1, -0.05) is 12.1 Å². The van der Waals surface area contributed by atoms with E-state index in [4.69, 9.17) is 14.5 Å². The van der Waals surface area contributed by atoms with E-state index >= 15 is 0 Å². The van der Waals surface area contributed by atoms with Gasteiger partial charge in [0.05, 0.1) is 13.2 Å². The van der Waals surface area contributed by atoms with E-state index in [-0.39, 0.29) is 35.5 Å². The highest BCUT2D eigenvalue weighted by atomic mass is 127. The van der Waals surface area contributed by atoms with Gasteiger partial charge in [-0.15, -0.1) is 24.0 Å². The van der Waals surface area contributed by atoms with Crippen molar-refractivity contribution < 1.29 is 13.9 Å². The maximum atomic E-state index is 13.6. The van der Waals surface area contributed by atoms with Crippen molar-refractivity contribution in [2.75, 3.05) is 66.6 Å². The third-order valence-corrected chi connectivity index (χ3v) is 5.04. The van der Waals surface area contributed by atoms with Gasteiger partial charge in [0.1, 0.15) is 6.61 Å². The van der Waals surface area contributed by atoms with Crippen LogP contribution in [0.25, 0.3) is 0 Å². The molecule has 0 radical (unpaired) electrons. The molecular weight excluding hydrogens is 486 g/mol. The number of aliphatic imine (C=N–C) groups is 1. The van der Waals surface area contributed by atoms with Gasteiger partial charge in [-0.3, -0.25) is 4.99 Å². The SMILES string of the molecule is CCNC(=NCC1CCN(CCOC)CC1)N(C)CCOc1ccccc1F.I. The van der Waals surface area contributed by atoms with Crippen molar-refractivity contribution in [1.29, 1.82) is 0 Å². The van der Waals surface area contributed by atoms with Crippen LogP contribution >= 0.6 is 24.0 Å². The Morgan fingerprint density at radius 3 is 2.66 bits per heavy atom. The first-order chi connectivity index (χ1) is 13.6. The quantitative estimate of drug-likeness (QED) is 0.291. The van der Waals surface area contributed by atoms with Crippen LogP contribution in [0.1, 0.15) is 19.8 Å². The first kappa shape index (κ1) is 25.9. The van der Waals surface area contributed by atoms with Crippen LogP contribution in [0.2, 0.25) is 0 Å². The summed E-state index contributed by atoms with van der Waals surface area (Å²) in [7, 11) is 3.74. The molecule has 0 atom stereocenters. The number of likely N-dealkylation sites (tertiary alicyclic amines) is 1. The Morgan fingerprint density at radius 1 is 1.28 bits per heavy atom. The minimum atomic E-state index is -0.331. The van der Waals surface area contributed by atoms with Crippen molar-refractivity contribution in [2.45, 2.75) is 19.8 Å². The Balaban J connectivity index is 0.00000420. The van der Waals surface area contributed by atoms with Crippen molar-refractivity contribution in [2.24, 2.45) is 10.9 Å². The van der Waals surface area contributed by atoms with Gasteiger partial charge in [0.2, 0.25) is 0 Å². The molecule has 1 aromatic carbocycles. The fourth-order valence-electron chi connectivity index (χ4n) is 3.26. The second kappa shape index (κ2) is 14.8. The lowest BCUT2D eigenvalue weighted by Gasteiger charge is -2.31. The van der Waals surface area contributed by atoms with Crippen LogP contribution in [0.15, 0.2) is 29.3 Å². The third kappa shape index (κ3) is 9.48. The number of rotatable bonds is 10. The van der Waals surface area contributed by atoms with Gasteiger partial charge in [-0.25, -0.2) is 4.39 Å². The Hall–Kier alpha value is -1.13. The van der Waals surface area contributed by atoms with E-state index in [1.807, 2.05) is 11.9 Å². The normalized spacial score (nSPS) is 15.7. The van der Waals surface area contributed by atoms with Gasteiger partial charge < -0.3 is 24.6 Å². The number of guanidine groups is 1. The Kier molecular flexibility index (Phi) is 13.2. The number of methoxy groups -OCH3 is 1. The summed E-state index contributed by atoms with van der Waals surface area (Å²) >= 11 is 0. The molecule has 1 aliphatic heterocycles. The second-order valence-electron chi connectivity index (χ2n) is 7.17. The molecule has 2 rings (SSSR count). The summed E-state index contributed by atoms with van der Waals surface area (Å²) < 4.78 is 24.4. The zero-order valence-corrected chi connectivity index (χ0v) is 20.2. The molecule has 0 aliphatic carbocycles. The van der Waals surface area contributed by atoms with E-state index in [0.29, 0.717) is 19.1 Å². The Bertz CT molecular complexity index is 598. The number of halogens is 2. The summed E-state index contributed by atoms with van der Waals surface area (Å²) in [6, 6.07) is 6.49. The average molecular weight is 522 g/mol. The molecule has 1 aromatic rings. The van der Waals surface area contributed by atoms with E-state index in [9.17, 15) is 4.39 Å². The molecule has 0 spiro atoms. The number of ether oxygens (including phenoxy) is 2. The molecular formula is C21H36FIN4O2. The minimum absolute atomic E-state index is 0. The van der Waals surface area contributed by atoms with Gasteiger partial charge in [0, 0.05) is 33.8 Å². The predicted molar refractivity (Wildman–Crippen MR) is 127 cm³/mol. The number of hydrogen-bond donors (Lipinski definition) is 1. The van der Waals surface area contributed by atoms with Crippen LogP contribution < -0.4 is 10.1 Å². The van der Waals surface area contributed by atoms with Crippen LogP contribution in [0, 0.1) is 11.7 Å². The molecule has 0 amide bonds. The molecule has 0 unspecified atom stereocenters. The molecule has 1 N–H and O–H groups in total. The molecule has 8 heteroatoms. The monoisotopic (exact) mass is 522 g/mol. The molecule has 166 valence electrons. The molecule has 1 fully saturated rings. The van der Waals surface area contributed by atoms with Crippen LogP contribution in [0.3, 0.4) is 0 Å². The molecule has 0 bridgehead atoms. The van der Waals surface area contributed by atoms with Crippen LogP contribution in [-0.4, -0.2) is 82.4 Å². The van der Waals surface area contributed by atoms with Crippen molar-refractivity contribution in [3.05, 3.63) is 30.1 Å². The zero-order valence-electron chi connectivity index (χ0n) is 17.9. The molecule has 0 aromatic heterocycles. The van der Waals surface area contributed by atoms with E-state index in [1.54, 1.807) is 25.3 Å². The molecule has 6 nitrogen and oxygen atoms in total. The number of nitrogens with zero attached hydrogens (tertiary/aromatic N) is 3. The number of piperidine rings is 1. The van der Waals surface area contributed by atoms with Crippen molar-refractivity contribution in [3.63, 3.8) is 0 Å². The second-order valence-corrected chi connectivity index (χ2v) is 7.17. The molecule has 29 heavy (non-hydrogen) atoms. The third-order valence-electron chi connectivity index (χ3n) is 5.04. The Morgan fingerprint density at radius 2 is 2.00 bits per heavy atom. The first-order valence-corrected chi connectivity index (χ1v) is 10.2. The minimum Gasteiger partial charge on any atom is -0.489 e. The molecule has 0 saturated carbocycles. The number of benzene rings is 1. The highest BCUT2D eigenvalue weighted by molar-refractivity contribution is 14.0. The fourth-order valence-corrected chi connectivity index (χ4v) is 3.26. The number of para-hydroxylation sites is 1. The van der Waals surface area contributed by atoms with Crippen molar-refractivity contribution in [3.8, 4) is 5.75 Å². The maximum absolute atomic E-state index is 13.6. The highest BCUT2D eigenvalue weighted by Crippen LogP contribution is 2.17. The largest absolute Gasteiger partial charge is 0.489 e. The van der Waals surface area contributed by atoms with Crippen LogP contribution in [0.4, 0.5) is 4.39 Å². The van der Waals surface area contributed by atoms with Gasteiger partial charge in [-0.05, 0) is 50.9 Å². The average Bonchev–Trinajstić information content (AvgIpc) is 2.71. The van der Waals surface area contributed by atoms with Gasteiger partial charge in [-0.2, -0.15) is 0 Å².